The maximum Gasteiger partial charge on any atom is 0.0489 e. The molecule has 0 bridgehead atoms. The summed E-state index contributed by atoms with van der Waals surface area (Å²) in [7, 11) is 0. The SMILES string of the molecule is Cc1cc(C)c2[nH]c3c(c2c1)CCC[C@H]3N. The quantitative estimate of drug-likeness (QED) is 0.695. The van der Waals surface area contributed by atoms with Crippen LogP contribution in [0.3, 0.4) is 0 Å². The van der Waals surface area contributed by atoms with Crippen LogP contribution in [0.1, 0.15) is 41.3 Å². The van der Waals surface area contributed by atoms with Gasteiger partial charge in [0.05, 0.1) is 0 Å². The smallest absolute Gasteiger partial charge is 0.0489 e. The number of hydrogen-bond acceptors (Lipinski definition) is 1. The van der Waals surface area contributed by atoms with Crippen LogP contribution in [0.15, 0.2) is 12.1 Å². The van der Waals surface area contributed by atoms with Crippen molar-refractivity contribution in [2.45, 2.75) is 39.2 Å². The van der Waals surface area contributed by atoms with E-state index in [4.69, 9.17) is 5.73 Å². The fourth-order valence-corrected chi connectivity index (χ4v) is 2.96. The van der Waals surface area contributed by atoms with Gasteiger partial charge in [0, 0.05) is 22.6 Å². The molecule has 3 rings (SSSR count). The first-order valence-electron chi connectivity index (χ1n) is 6.04. The van der Waals surface area contributed by atoms with Gasteiger partial charge in [-0.15, -0.1) is 0 Å². The van der Waals surface area contributed by atoms with Crippen molar-refractivity contribution >= 4 is 10.9 Å². The minimum atomic E-state index is 0.204. The minimum absolute atomic E-state index is 0.204. The Morgan fingerprint density at radius 3 is 2.94 bits per heavy atom. The Labute approximate surface area is 95.8 Å². The van der Waals surface area contributed by atoms with Gasteiger partial charge in [0.25, 0.3) is 0 Å². The summed E-state index contributed by atoms with van der Waals surface area (Å²) in [5.41, 5.74) is 12.9. The van der Waals surface area contributed by atoms with E-state index in [1.165, 1.54) is 46.1 Å². The van der Waals surface area contributed by atoms with Gasteiger partial charge in [0.2, 0.25) is 0 Å². The van der Waals surface area contributed by atoms with E-state index in [0.29, 0.717) is 0 Å². The van der Waals surface area contributed by atoms with Crippen molar-refractivity contribution in [3.05, 3.63) is 34.5 Å². The van der Waals surface area contributed by atoms with E-state index in [-0.39, 0.29) is 6.04 Å². The van der Waals surface area contributed by atoms with Crippen LogP contribution in [0.4, 0.5) is 0 Å². The van der Waals surface area contributed by atoms with Gasteiger partial charge in [-0.25, -0.2) is 0 Å². The van der Waals surface area contributed by atoms with Crippen LogP contribution in [0.2, 0.25) is 0 Å². The van der Waals surface area contributed by atoms with Gasteiger partial charge >= 0.3 is 0 Å². The molecule has 2 nitrogen and oxygen atoms in total. The zero-order chi connectivity index (χ0) is 11.3. The van der Waals surface area contributed by atoms with E-state index in [0.717, 1.165) is 6.42 Å². The first-order valence-corrected chi connectivity index (χ1v) is 6.04. The third-order valence-corrected chi connectivity index (χ3v) is 3.70. The molecule has 1 aliphatic rings. The number of aromatic nitrogens is 1. The molecule has 2 heteroatoms. The first-order chi connectivity index (χ1) is 7.66. The number of H-pyrrole nitrogens is 1. The van der Waals surface area contributed by atoms with E-state index < -0.39 is 0 Å². The summed E-state index contributed by atoms with van der Waals surface area (Å²) in [6.07, 6.45) is 3.50. The predicted molar refractivity (Wildman–Crippen MR) is 67.6 cm³/mol. The normalized spacial score (nSPS) is 20.1. The van der Waals surface area contributed by atoms with Crippen LogP contribution in [0.5, 0.6) is 0 Å². The molecule has 0 amide bonds. The Morgan fingerprint density at radius 1 is 1.31 bits per heavy atom. The molecule has 0 spiro atoms. The maximum absolute atomic E-state index is 6.17. The van der Waals surface area contributed by atoms with E-state index >= 15 is 0 Å². The van der Waals surface area contributed by atoms with Gasteiger partial charge in [-0.2, -0.15) is 0 Å². The Balaban J connectivity index is 2.36. The highest BCUT2D eigenvalue weighted by Gasteiger charge is 2.21. The molecule has 0 saturated heterocycles. The van der Waals surface area contributed by atoms with Gasteiger partial charge in [-0.1, -0.05) is 11.6 Å². The predicted octanol–water partition coefficient (Wildman–Crippen LogP) is 3.12. The minimum Gasteiger partial charge on any atom is -0.357 e. The molecule has 0 aliphatic heterocycles. The lowest BCUT2D eigenvalue weighted by Gasteiger charge is -2.18. The molecular weight excluding hydrogens is 196 g/mol. The van der Waals surface area contributed by atoms with Crippen molar-refractivity contribution in [3.8, 4) is 0 Å². The van der Waals surface area contributed by atoms with Crippen LogP contribution >= 0.6 is 0 Å². The summed E-state index contributed by atoms with van der Waals surface area (Å²) in [6.45, 7) is 4.33. The molecule has 0 radical (unpaired) electrons. The zero-order valence-electron chi connectivity index (χ0n) is 9.93. The van der Waals surface area contributed by atoms with Gasteiger partial charge in [0.1, 0.15) is 0 Å². The molecule has 1 aromatic heterocycles. The van der Waals surface area contributed by atoms with Gasteiger partial charge in [0.15, 0.2) is 0 Å². The number of nitrogens with two attached hydrogens (primary N) is 1. The van der Waals surface area contributed by atoms with Crippen LogP contribution in [0.25, 0.3) is 10.9 Å². The summed E-state index contributed by atoms with van der Waals surface area (Å²) in [6, 6.07) is 4.72. The van der Waals surface area contributed by atoms with Gasteiger partial charge in [-0.05, 0) is 50.3 Å². The molecule has 1 atom stereocenters. The van der Waals surface area contributed by atoms with Crippen LogP contribution < -0.4 is 5.73 Å². The number of benzene rings is 1. The number of hydrogen-bond donors (Lipinski definition) is 2. The Hall–Kier alpha value is -1.28. The maximum atomic E-state index is 6.17. The second kappa shape index (κ2) is 3.36. The van der Waals surface area contributed by atoms with Crippen LogP contribution in [0, 0.1) is 13.8 Å². The molecule has 0 saturated carbocycles. The standard InChI is InChI=1S/C14H18N2/c1-8-6-9(2)13-11(7-8)10-4-3-5-12(15)14(10)16-13/h6-7,12,16H,3-5,15H2,1-2H3/t12-/m1/s1. The fraction of sp³-hybridized carbons (Fsp3) is 0.429. The number of aromatic amines is 1. The molecule has 16 heavy (non-hydrogen) atoms. The summed E-state index contributed by atoms with van der Waals surface area (Å²) in [5, 5.41) is 1.39. The third-order valence-electron chi connectivity index (χ3n) is 3.70. The third kappa shape index (κ3) is 1.30. The average Bonchev–Trinajstić information content (AvgIpc) is 2.59. The van der Waals surface area contributed by atoms with Crippen molar-refractivity contribution in [2.24, 2.45) is 5.73 Å². The summed E-state index contributed by atoms with van der Waals surface area (Å²) in [4.78, 5) is 3.54. The summed E-state index contributed by atoms with van der Waals surface area (Å²) in [5.74, 6) is 0. The van der Waals surface area contributed by atoms with Crippen LogP contribution in [-0.2, 0) is 6.42 Å². The highest BCUT2D eigenvalue weighted by molar-refractivity contribution is 5.88. The molecule has 3 N–H and O–H groups in total. The summed E-state index contributed by atoms with van der Waals surface area (Å²) >= 11 is 0. The molecule has 1 aliphatic carbocycles. The fourth-order valence-electron chi connectivity index (χ4n) is 2.96. The largest absolute Gasteiger partial charge is 0.357 e. The van der Waals surface area contributed by atoms with E-state index in [1.807, 2.05) is 0 Å². The van der Waals surface area contributed by atoms with Crippen molar-refractivity contribution in [2.75, 3.05) is 0 Å². The first kappa shape index (κ1) is 9.91. The average molecular weight is 214 g/mol. The topological polar surface area (TPSA) is 41.8 Å². The highest BCUT2D eigenvalue weighted by Crippen LogP contribution is 2.34. The Kier molecular flexibility index (Phi) is 2.08. The molecular formula is C14H18N2. The molecule has 0 unspecified atom stereocenters. The lowest BCUT2D eigenvalue weighted by molar-refractivity contribution is 0.562. The monoisotopic (exact) mass is 214 g/mol. The highest BCUT2D eigenvalue weighted by atomic mass is 14.8. The molecule has 2 aromatic rings. The zero-order valence-corrected chi connectivity index (χ0v) is 9.93. The van der Waals surface area contributed by atoms with Crippen molar-refractivity contribution in [1.29, 1.82) is 0 Å². The molecule has 1 heterocycles. The lowest BCUT2D eigenvalue weighted by atomic mass is 9.92. The Bertz CT molecular complexity index is 551. The lowest BCUT2D eigenvalue weighted by Crippen LogP contribution is -2.16. The number of fused-ring (bicyclic) bond motifs is 3. The molecule has 84 valence electrons. The molecule has 0 fully saturated rings. The van der Waals surface area contributed by atoms with E-state index in [1.54, 1.807) is 0 Å². The van der Waals surface area contributed by atoms with E-state index in [2.05, 4.69) is 31.0 Å². The molecule has 1 aromatic carbocycles. The summed E-state index contributed by atoms with van der Waals surface area (Å²) < 4.78 is 0. The van der Waals surface area contributed by atoms with Crippen molar-refractivity contribution < 1.29 is 0 Å². The second-order valence-electron chi connectivity index (χ2n) is 5.02. The Morgan fingerprint density at radius 2 is 2.12 bits per heavy atom. The van der Waals surface area contributed by atoms with Crippen LogP contribution in [-0.4, -0.2) is 4.98 Å². The second-order valence-corrected chi connectivity index (χ2v) is 5.02. The number of aryl methyl sites for hydroxylation is 3. The van der Waals surface area contributed by atoms with Crippen molar-refractivity contribution in [1.82, 2.24) is 4.98 Å². The van der Waals surface area contributed by atoms with E-state index in [9.17, 15) is 0 Å². The number of nitrogens with one attached hydrogen (secondary N) is 1. The van der Waals surface area contributed by atoms with Gasteiger partial charge < -0.3 is 10.7 Å². The van der Waals surface area contributed by atoms with Gasteiger partial charge in [-0.3, -0.25) is 0 Å². The van der Waals surface area contributed by atoms with Crippen molar-refractivity contribution in [3.63, 3.8) is 0 Å². The number of rotatable bonds is 0.